The van der Waals surface area contributed by atoms with Crippen molar-refractivity contribution in [1.29, 1.82) is 0 Å². The van der Waals surface area contributed by atoms with Crippen molar-refractivity contribution in [3.05, 3.63) is 77.9 Å². The van der Waals surface area contributed by atoms with Crippen LogP contribution in [0.1, 0.15) is 23.6 Å². The van der Waals surface area contributed by atoms with Crippen LogP contribution >= 0.6 is 0 Å². The lowest BCUT2D eigenvalue weighted by molar-refractivity contribution is -0.147. The Morgan fingerprint density at radius 3 is 2.18 bits per heavy atom. The Morgan fingerprint density at radius 1 is 0.964 bits per heavy atom. The molecule has 5 nitrogen and oxygen atoms in total. The number of hydrogen-bond donors (Lipinski definition) is 2. The summed E-state index contributed by atoms with van der Waals surface area (Å²) in [5.41, 5.74) is 1.87. The summed E-state index contributed by atoms with van der Waals surface area (Å²) in [6.07, 6.45) is 4.69. The van der Waals surface area contributed by atoms with E-state index < -0.39 is 17.8 Å². The van der Waals surface area contributed by atoms with Crippen LogP contribution in [0, 0.1) is 23.7 Å². The van der Waals surface area contributed by atoms with E-state index in [9.17, 15) is 14.7 Å². The highest BCUT2D eigenvalue weighted by atomic mass is 16.5. The molecule has 2 aliphatic carbocycles. The molecule has 0 spiro atoms. The third kappa shape index (κ3) is 3.28. The number of methoxy groups -OCH3 is 1. The second-order valence-electron chi connectivity index (χ2n) is 7.46. The Morgan fingerprint density at radius 2 is 1.57 bits per heavy atom. The molecule has 0 unspecified atom stereocenters. The molecule has 28 heavy (non-hydrogen) atoms. The Labute approximate surface area is 164 Å². The van der Waals surface area contributed by atoms with Crippen LogP contribution in [0.3, 0.4) is 0 Å². The molecular weight excluding hydrogens is 354 g/mol. The minimum absolute atomic E-state index is 0.00149. The number of aliphatic carboxylic acids is 1. The number of fused-ring (bicyclic) bond motifs is 2. The Balaban J connectivity index is 1.63. The van der Waals surface area contributed by atoms with Gasteiger partial charge in [0.2, 0.25) is 5.91 Å². The Bertz CT molecular complexity index is 891. The smallest absolute Gasteiger partial charge is 0.307 e. The molecular formula is C23H23NO4. The van der Waals surface area contributed by atoms with Crippen LogP contribution in [-0.4, -0.2) is 24.1 Å². The van der Waals surface area contributed by atoms with Gasteiger partial charge in [0.25, 0.3) is 0 Å². The molecule has 0 saturated heterocycles. The SMILES string of the molecule is COc1ccc([C@H](NC(=O)[C@H]2[C@@H](C(=O)O)[C@H]3C=C[C@H]2C3)c2ccccc2)cc1. The fraction of sp³-hybridized carbons (Fsp3) is 0.304. The van der Waals surface area contributed by atoms with Gasteiger partial charge in [-0.15, -0.1) is 0 Å². The molecule has 2 aliphatic rings. The second-order valence-corrected chi connectivity index (χ2v) is 7.46. The summed E-state index contributed by atoms with van der Waals surface area (Å²) in [6, 6.07) is 16.9. The average molecular weight is 377 g/mol. The molecule has 1 amide bonds. The third-order valence-corrected chi connectivity index (χ3v) is 5.92. The number of carboxylic acids is 1. The van der Waals surface area contributed by atoms with Crippen molar-refractivity contribution in [2.45, 2.75) is 12.5 Å². The molecule has 2 N–H and O–H groups in total. The topological polar surface area (TPSA) is 75.6 Å². The summed E-state index contributed by atoms with van der Waals surface area (Å²) in [5.74, 6) is -1.58. The molecule has 2 aromatic carbocycles. The lowest BCUT2D eigenvalue weighted by Crippen LogP contribution is -2.41. The minimum Gasteiger partial charge on any atom is -0.497 e. The van der Waals surface area contributed by atoms with E-state index in [0.29, 0.717) is 0 Å². The van der Waals surface area contributed by atoms with E-state index in [1.807, 2.05) is 66.7 Å². The van der Waals surface area contributed by atoms with Gasteiger partial charge in [-0.05, 0) is 41.5 Å². The standard InChI is InChI=1S/C23H23NO4/c1-28-18-11-9-15(10-12-18)21(14-5-3-2-4-6-14)24-22(25)19-16-7-8-17(13-16)20(19)23(26)27/h2-12,16-17,19-21H,13H2,1H3,(H,24,25)(H,26,27)/t16-,17-,19+,20-,21+/m0/s1. The van der Waals surface area contributed by atoms with E-state index in [-0.39, 0.29) is 23.8 Å². The first-order valence-electron chi connectivity index (χ1n) is 9.49. The number of allylic oxidation sites excluding steroid dienone is 2. The Hall–Kier alpha value is -3.08. The number of carbonyl (C=O) groups is 2. The zero-order valence-electron chi connectivity index (χ0n) is 15.6. The molecule has 5 atom stereocenters. The van der Waals surface area contributed by atoms with E-state index in [4.69, 9.17) is 4.74 Å². The van der Waals surface area contributed by atoms with Gasteiger partial charge in [0.1, 0.15) is 5.75 Å². The van der Waals surface area contributed by atoms with Gasteiger partial charge in [0.05, 0.1) is 25.0 Å². The predicted molar refractivity (Wildman–Crippen MR) is 105 cm³/mol. The summed E-state index contributed by atoms with van der Waals surface area (Å²) >= 11 is 0. The molecule has 144 valence electrons. The fourth-order valence-electron chi connectivity index (χ4n) is 4.56. The van der Waals surface area contributed by atoms with E-state index in [2.05, 4.69) is 5.32 Å². The van der Waals surface area contributed by atoms with Gasteiger partial charge in [0, 0.05) is 0 Å². The molecule has 0 aliphatic heterocycles. The van der Waals surface area contributed by atoms with Gasteiger partial charge in [-0.25, -0.2) is 0 Å². The number of hydrogen-bond acceptors (Lipinski definition) is 3. The second kappa shape index (κ2) is 7.50. The van der Waals surface area contributed by atoms with Gasteiger partial charge in [-0.3, -0.25) is 9.59 Å². The van der Waals surface area contributed by atoms with Crippen LogP contribution in [0.4, 0.5) is 0 Å². The van der Waals surface area contributed by atoms with Crippen LogP contribution in [0.2, 0.25) is 0 Å². The molecule has 1 saturated carbocycles. The summed E-state index contributed by atoms with van der Waals surface area (Å²) in [5, 5.41) is 12.8. The van der Waals surface area contributed by atoms with Gasteiger partial charge < -0.3 is 15.2 Å². The van der Waals surface area contributed by atoms with Gasteiger partial charge in [-0.1, -0.05) is 54.6 Å². The van der Waals surface area contributed by atoms with E-state index >= 15 is 0 Å². The van der Waals surface area contributed by atoms with Gasteiger partial charge in [0.15, 0.2) is 0 Å². The monoisotopic (exact) mass is 377 g/mol. The van der Waals surface area contributed by atoms with Gasteiger partial charge >= 0.3 is 5.97 Å². The van der Waals surface area contributed by atoms with Crippen molar-refractivity contribution in [2.24, 2.45) is 23.7 Å². The van der Waals surface area contributed by atoms with Crippen LogP contribution in [-0.2, 0) is 9.59 Å². The number of nitrogens with one attached hydrogen (secondary N) is 1. The number of rotatable bonds is 6. The maximum Gasteiger partial charge on any atom is 0.307 e. The van der Waals surface area contributed by atoms with E-state index in [0.717, 1.165) is 23.3 Å². The maximum atomic E-state index is 13.2. The summed E-state index contributed by atoms with van der Waals surface area (Å²) in [4.78, 5) is 25.0. The van der Waals surface area contributed by atoms with Crippen LogP contribution < -0.4 is 10.1 Å². The highest BCUT2D eigenvalue weighted by Gasteiger charge is 2.51. The van der Waals surface area contributed by atoms with E-state index in [1.54, 1.807) is 7.11 Å². The van der Waals surface area contributed by atoms with Crippen molar-refractivity contribution < 1.29 is 19.4 Å². The normalized spacial score (nSPS) is 26.0. The molecule has 0 aromatic heterocycles. The summed E-state index contributed by atoms with van der Waals surface area (Å²) < 4.78 is 5.23. The van der Waals surface area contributed by atoms with Crippen molar-refractivity contribution in [3.8, 4) is 5.75 Å². The number of benzene rings is 2. The number of carboxylic acid groups (broad SMARTS) is 1. The first kappa shape index (κ1) is 18.3. The van der Waals surface area contributed by atoms with Crippen LogP contribution in [0.5, 0.6) is 5.75 Å². The molecule has 1 fully saturated rings. The van der Waals surface area contributed by atoms with E-state index in [1.165, 1.54) is 0 Å². The fourth-order valence-corrected chi connectivity index (χ4v) is 4.56. The van der Waals surface area contributed by atoms with Crippen molar-refractivity contribution in [2.75, 3.05) is 7.11 Å². The predicted octanol–water partition coefficient (Wildman–Crippen LogP) is 3.42. The number of carbonyl (C=O) groups excluding carboxylic acids is 1. The average Bonchev–Trinajstić information content (AvgIpc) is 3.34. The highest BCUT2D eigenvalue weighted by Crippen LogP contribution is 2.48. The molecule has 0 heterocycles. The lowest BCUT2D eigenvalue weighted by Gasteiger charge is -2.27. The molecule has 0 radical (unpaired) electrons. The highest BCUT2D eigenvalue weighted by molar-refractivity contribution is 5.87. The Kier molecular flexibility index (Phi) is 4.90. The minimum atomic E-state index is -0.891. The molecule has 4 rings (SSSR count). The van der Waals surface area contributed by atoms with Gasteiger partial charge in [-0.2, -0.15) is 0 Å². The summed E-state index contributed by atoms with van der Waals surface area (Å²) in [7, 11) is 1.61. The number of amides is 1. The van der Waals surface area contributed by atoms with Crippen LogP contribution in [0.25, 0.3) is 0 Å². The zero-order chi connectivity index (χ0) is 19.7. The van der Waals surface area contributed by atoms with Crippen molar-refractivity contribution in [3.63, 3.8) is 0 Å². The van der Waals surface area contributed by atoms with Crippen LogP contribution in [0.15, 0.2) is 66.7 Å². The lowest BCUT2D eigenvalue weighted by atomic mass is 9.82. The third-order valence-electron chi connectivity index (χ3n) is 5.92. The molecule has 2 aromatic rings. The quantitative estimate of drug-likeness (QED) is 0.757. The molecule has 5 heteroatoms. The molecule has 2 bridgehead atoms. The summed E-state index contributed by atoms with van der Waals surface area (Å²) in [6.45, 7) is 0. The maximum absolute atomic E-state index is 13.2. The van der Waals surface area contributed by atoms with Crippen molar-refractivity contribution in [1.82, 2.24) is 5.32 Å². The first-order valence-corrected chi connectivity index (χ1v) is 9.49. The first-order chi connectivity index (χ1) is 13.6. The largest absolute Gasteiger partial charge is 0.497 e. The number of ether oxygens (including phenoxy) is 1. The van der Waals surface area contributed by atoms with Crippen molar-refractivity contribution >= 4 is 11.9 Å². The zero-order valence-corrected chi connectivity index (χ0v) is 15.6.